The van der Waals surface area contributed by atoms with Crippen molar-refractivity contribution in [2.45, 2.75) is 4.05 Å². The zero-order chi connectivity index (χ0) is 4.28. The van der Waals surface area contributed by atoms with E-state index in [4.69, 9.17) is 10.2 Å². The summed E-state index contributed by atoms with van der Waals surface area (Å²) in [7, 11) is 0. The van der Waals surface area contributed by atoms with Gasteiger partial charge in [-0.1, -0.05) is 0 Å². The second-order valence-corrected chi connectivity index (χ2v) is 2.95. The molecule has 0 aliphatic carbocycles. The van der Waals surface area contributed by atoms with Crippen molar-refractivity contribution in [1.29, 1.82) is 0 Å². The van der Waals surface area contributed by atoms with Gasteiger partial charge in [0.2, 0.25) is 0 Å². The van der Waals surface area contributed by atoms with Crippen molar-refractivity contribution < 1.29 is 10.2 Å². The van der Waals surface area contributed by atoms with Crippen LogP contribution in [0.15, 0.2) is 0 Å². The summed E-state index contributed by atoms with van der Waals surface area (Å²) >= 11 is 0.730. The Labute approximate surface area is 44.3 Å². The van der Waals surface area contributed by atoms with E-state index < -0.39 is 4.05 Å². The Balaban J connectivity index is 2.54. The van der Waals surface area contributed by atoms with Gasteiger partial charge < -0.3 is 0 Å². The molecule has 0 radical (unpaired) electrons. The van der Waals surface area contributed by atoms with Gasteiger partial charge in [-0.15, -0.1) is 0 Å². The van der Waals surface area contributed by atoms with Crippen LogP contribution in [0.4, 0.5) is 0 Å². The summed E-state index contributed by atoms with van der Waals surface area (Å²) in [5, 5.41) is 16.1. The van der Waals surface area contributed by atoms with E-state index in [1.807, 2.05) is 0 Å². The van der Waals surface area contributed by atoms with Crippen LogP contribution in [-0.2, 0) is 0 Å². The van der Waals surface area contributed by atoms with Gasteiger partial charge >= 0.3 is 43.9 Å². The fourth-order valence-corrected chi connectivity index (χ4v) is 0. The molecule has 0 aromatic rings. The van der Waals surface area contributed by atoms with Crippen LogP contribution in [0.2, 0.25) is 0 Å². The Morgan fingerprint density at radius 2 is 2.00 bits per heavy atom. The zero-order valence-corrected chi connectivity index (χ0v) is 6.05. The van der Waals surface area contributed by atoms with Crippen LogP contribution in [0.1, 0.15) is 0 Å². The van der Waals surface area contributed by atoms with Crippen LogP contribution in [0.3, 0.4) is 0 Å². The predicted molar refractivity (Wildman–Crippen MR) is 21.6 cm³/mol. The van der Waals surface area contributed by atoms with E-state index in [9.17, 15) is 0 Å². The average molecular weight is 185 g/mol. The van der Waals surface area contributed by atoms with Crippen molar-refractivity contribution in [3.05, 3.63) is 0 Å². The van der Waals surface area contributed by atoms with Gasteiger partial charge in [-0.25, -0.2) is 0 Å². The molecule has 0 fully saturated rings. The Bertz CT molecular complexity index is 21.6. The van der Waals surface area contributed by atoms with Gasteiger partial charge in [0, 0.05) is 0 Å². The molecule has 32 valence electrons. The van der Waals surface area contributed by atoms with Gasteiger partial charge in [-0.05, 0) is 0 Å². The van der Waals surface area contributed by atoms with Gasteiger partial charge in [0.15, 0.2) is 0 Å². The van der Waals surface area contributed by atoms with Crippen molar-refractivity contribution in [2.24, 2.45) is 0 Å². The molecule has 0 aliphatic heterocycles. The molecule has 0 heterocycles. The number of hydrogen-bond acceptors (Lipinski definition) is 2. The first-order chi connectivity index (χ1) is 2.27. The number of aliphatic hydroxyl groups excluding tert-OH is 2. The number of aliphatic hydroxyl groups is 2. The van der Waals surface area contributed by atoms with E-state index in [1.54, 1.807) is 0 Å². The Hall–Kier alpha value is 0.738. The van der Waals surface area contributed by atoms with Crippen molar-refractivity contribution in [3.63, 3.8) is 0 Å². The molecular weight excluding hydrogens is 178 g/mol. The monoisotopic (exact) mass is 184 g/mol. The Morgan fingerprint density at radius 3 is 2.00 bits per heavy atom. The Morgan fingerprint density at radius 1 is 1.80 bits per heavy atom. The van der Waals surface area contributed by atoms with Crippen LogP contribution in [0.5, 0.6) is 0 Å². The standard InChI is InChI=1S/C2H5O2.Sb.2H/c3-1-2-4;;;/h1,3-4H,2H2;;;. The fourth-order valence-electron chi connectivity index (χ4n) is 0. The number of hydrogen-bond donors (Lipinski definition) is 2. The first kappa shape index (κ1) is 5.74. The molecule has 5 heavy (non-hydrogen) atoms. The molecule has 3 heteroatoms. The SMILES string of the molecule is OC[CH](O)[SbH2]. The second-order valence-electron chi connectivity index (χ2n) is 0.750. The van der Waals surface area contributed by atoms with Crippen LogP contribution >= 0.6 is 0 Å². The molecule has 0 aromatic carbocycles. The zero-order valence-electron chi connectivity index (χ0n) is 2.76. The molecule has 1 unspecified atom stereocenters. The third-order valence-electron chi connectivity index (χ3n) is 0.187. The first-order valence-electron chi connectivity index (χ1n) is 1.32. The predicted octanol–water partition coefficient (Wildman–Crippen LogP) is -2.07. The summed E-state index contributed by atoms with van der Waals surface area (Å²) in [4.78, 5) is 0. The molecule has 0 bridgehead atoms. The van der Waals surface area contributed by atoms with Crippen molar-refractivity contribution >= 4 is 23.0 Å². The average Bonchev–Trinajstić information content (AvgIpc) is 1.38. The second kappa shape index (κ2) is 2.95. The molecule has 0 spiro atoms. The van der Waals surface area contributed by atoms with Crippen molar-refractivity contribution in [3.8, 4) is 0 Å². The van der Waals surface area contributed by atoms with E-state index >= 15 is 0 Å². The van der Waals surface area contributed by atoms with Crippen LogP contribution < -0.4 is 0 Å². The van der Waals surface area contributed by atoms with Crippen LogP contribution in [0.25, 0.3) is 0 Å². The number of rotatable bonds is 1. The molecule has 0 aromatic heterocycles. The van der Waals surface area contributed by atoms with E-state index in [0.29, 0.717) is 0 Å². The Kier molecular flexibility index (Phi) is 3.38. The molecule has 0 amide bonds. The normalized spacial score (nSPS) is 15.0. The summed E-state index contributed by atoms with van der Waals surface area (Å²) < 4.78 is -0.430. The third kappa shape index (κ3) is 4.74. The van der Waals surface area contributed by atoms with Crippen LogP contribution in [-0.4, -0.2) is 43.9 Å². The van der Waals surface area contributed by atoms with Gasteiger partial charge in [-0.2, -0.15) is 0 Å². The minimum atomic E-state index is -0.430. The fraction of sp³-hybridized carbons (Fsp3) is 1.00. The summed E-state index contributed by atoms with van der Waals surface area (Å²) in [6.07, 6.45) is 0. The molecule has 0 saturated carbocycles. The van der Waals surface area contributed by atoms with E-state index in [1.165, 1.54) is 0 Å². The first-order valence-corrected chi connectivity index (χ1v) is 3.22. The summed E-state index contributed by atoms with van der Waals surface area (Å²) in [6.45, 7) is -0.0811. The maximum absolute atomic E-state index is 8.17. The van der Waals surface area contributed by atoms with Gasteiger partial charge in [0.25, 0.3) is 0 Å². The van der Waals surface area contributed by atoms with Gasteiger partial charge in [-0.3, -0.25) is 0 Å². The van der Waals surface area contributed by atoms with Crippen molar-refractivity contribution in [2.75, 3.05) is 6.61 Å². The van der Waals surface area contributed by atoms with Crippen molar-refractivity contribution in [1.82, 2.24) is 0 Å². The summed E-state index contributed by atoms with van der Waals surface area (Å²) in [6, 6.07) is 0. The molecule has 0 rings (SSSR count). The molecule has 0 aliphatic rings. The van der Waals surface area contributed by atoms with Gasteiger partial charge in [0.05, 0.1) is 0 Å². The molecule has 1 atom stereocenters. The third-order valence-corrected chi connectivity index (χ3v) is 0.789. The quantitative estimate of drug-likeness (QED) is 0.460. The van der Waals surface area contributed by atoms with Gasteiger partial charge in [0.1, 0.15) is 0 Å². The topological polar surface area (TPSA) is 40.5 Å². The maximum atomic E-state index is 8.17. The van der Waals surface area contributed by atoms with E-state index in [0.717, 1.165) is 23.0 Å². The molecule has 2 nitrogen and oxygen atoms in total. The molecule has 0 saturated heterocycles. The van der Waals surface area contributed by atoms with E-state index in [-0.39, 0.29) is 6.61 Å². The van der Waals surface area contributed by atoms with Crippen LogP contribution in [0, 0.1) is 0 Å². The molecular formula is C2H7O2Sb. The minimum absolute atomic E-state index is 0.0811. The van der Waals surface area contributed by atoms with E-state index in [2.05, 4.69) is 0 Å². The summed E-state index contributed by atoms with van der Waals surface area (Å²) in [5.41, 5.74) is 0. The molecule has 2 N–H and O–H groups in total. The summed E-state index contributed by atoms with van der Waals surface area (Å²) in [5.74, 6) is 0.